The molecule has 2 atom stereocenters. The summed E-state index contributed by atoms with van der Waals surface area (Å²) in [5.74, 6) is 0. The van der Waals surface area contributed by atoms with Gasteiger partial charge in [0, 0.05) is 25.2 Å². The number of piperidine rings is 1. The minimum absolute atomic E-state index is 0.112. The monoisotopic (exact) mass is 183 g/mol. The van der Waals surface area contributed by atoms with E-state index in [0.717, 1.165) is 26.1 Å². The lowest BCUT2D eigenvalue weighted by atomic mass is 10.1. The van der Waals surface area contributed by atoms with Crippen molar-refractivity contribution in [3.63, 3.8) is 0 Å². The smallest absolute Gasteiger partial charge is 0.318 e. The summed E-state index contributed by atoms with van der Waals surface area (Å²) in [4.78, 5) is 13.5. The van der Waals surface area contributed by atoms with Crippen molar-refractivity contribution in [2.24, 2.45) is 0 Å². The van der Waals surface area contributed by atoms with E-state index in [1.807, 2.05) is 4.90 Å². The molecule has 0 aromatic carbocycles. The van der Waals surface area contributed by atoms with Gasteiger partial charge in [0.15, 0.2) is 0 Å². The topological polar surface area (TPSA) is 44.4 Å². The van der Waals surface area contributed by atoms with Gasteiger partial charge in [-0.15, -0.1) is 0 Å². The highest BCUT2D eigenvalue weighted by Gasteiger charge is 2.33. The van der Waals surface area contributed by atoms with Gasteiger partial charge in [0.1, 0.15) is 0 Å². The standard InChI is InChI=1S/C9H17N3O/c1-7-5-11-9(13)12(7)8-3-2-4-10-6-8/h7-8,10H,2-6H2,1H3,(H,11,13)/t7?,8-/m0/s1. The summed E-state index contributed by atoms with van der Waals surface area (Å²) < 4.78 is 0. The van der Waals surface area contributed by atoms with E-state index in [9.17, 15) is 4.79 Å². The van der Waals surface area contributed by atoms with E-state index in [-0.39, 0.29) is 6.03 Å². The molecule has 2 aliphatic heterocycles. The van der Waals surface area contributed by atoms with E-state index in [1.54, 1.807) is 0 Å². The molecule has 2 fully saturated rings. The van der Waals surface area contributed by atoms with Gasteiger partial charge in [0.05, 0.1) is 0 Å². The Morgan fingerprint density at radius 1 is 1.46 bits per heavy atom. The minimum Gasteiger partial charge on any atom is -0.336 e. The number of rotatable bonds is 1. The summed E-state index contributed by atoms with van der Waals surface area (Å²) >= 11 is 0. The summed E-state index contributed by atoms with van der Waals surface area (Å²) in [7, 11) is 0. The van der Waals surface area contributed by atoms with Gasteiger partial charge in [-0.3, -0.25) is 0 Å². The largest absolute Gasteiger partial charge is 0.336 e. The summed E-state index contributed by atoms with van der Waals surface area (Å²) in [6.45, 7) is 4.96. The molecule has 13 heavy (non-hydrogen) atoms. The molecule has 0 aliphatic carbocycles. The molecule has 2 heterocycles. The van der Waals surface area contributed by atoms with Crippen molar-refractivity contribution in [1.29, 1.82) is 0 Å². The zero-order chi connectivity index (χ0) is 9.26. The van der Waals surface area contributed by atoms with Gasteiger partial charge in [-0.1, -0.05) is 0 Å². The Morgan fingerprint density at radius 3 is 2.85 bits per heavy atom. The van der Waals surface area contributed by atoms with Crippen LogP contribution in [0.2, 0.25) is 0 Å². The Bertz CT molecular complexity index is 201. The second-order valence-electron chi connectivity index (χ2n) is 3.94. The van der Waals surface area contributed by atoms with Crippen molar-refractivity contribution in [3.8, 4) is 0 Å². The van der Waals surface area contributed by atoms with Crippen LogP contribution in [-0.4, -0.2) is 42.6 Å². The molecule has 2 N–H and O–H groups in total. The van der Waals surface area contributed by atoms with Gasteiger partial charge in [-0.25, -0.2) is 4.79 Å². The first-order valence-electron chi connectivity index (χ1n) is 5.06. The maximum absolute atomic E-state index is 11.5. The summed E-state index contributed by atoms with van der Waals surface area (Å²) in [6.07, 6.45) is 2.33. The summed E-state index contributed by atoms with van der Waals surface area (Å²) in [6, 6.07) is 0.879. The number of carbonyl (C=O) groups excluding carboxylic acids is 1. The van der Waals surface area contributed by atoms with Crippen LogP contribution < -0.4 is 10.6 Å². The molecule has 2 amide bonds. The first-order valence-corrected chi connectivity index (χ1v) is 5.06. The fraction of sp³-hybridized carbons (Fsp3) is 0.889. The molecule has 4 nitrogen and oxygen atoms in total. The molecular weight excluding hydrogens is 166 g/mol. The molecule has 0 bridgehead atoms. The highest BCUT2D eigenvalue weighted by Crippen LogP contribution is 2.16. The Morgan fingerprint density at radius 2 is 2.31 bits per heavy atom. The van der Waals surface area contributed by atoms with Crippen molar-refractivity contribution < 1.29 is 4.79 Å². The lowest BCUT2D eigenvalue weighted by Gasteiger charge is -2.33. The minimum atomic E-state index is 0.112. The van der Waals surface area contributed by atoms with Gasteiger partial charge >= 0.3 is 6.03 Å². The maximum Gasteiger partial charge on any atom is 0.318 e. The van der Waals surface area contributed by atoms with E-state index < -0.39 is 0 Å². The number of carbonyl (C=O) groups is 1. The van der Waals surface area contributed by atoms with Crippen LogP contribution in [0.25, 0.3) is 0 Å². The highest BCUT2D eigenvalue weighted by atomic mass is 16.2. The Hall–Kier alpha value is -0.770. The van der Waals surface area contributed by atoms with Crippen LogP contribution in [0.3, 0.4) is 0 Å². The SMILES string of the molecule is CC1CNC(=O)N1[C@H]1CCCNC1. The van der Waals surface area contributed by atoms with Crippen LogP contribution in [0.15, 0.2) is 0 Å². The van der Waals surface area contributed by atoms with Crippen LogP contribution >= 0.6 is 0 Å². The molecule has 1 unspecified atom stereocenters. The summed E-state index contributed by atoms with van der Waals surface area (Å²) in [5, 5.41) is 6.21. The fourth-order valence-electron chi connectivity index (χ4n) is 2.22. The van der Waals surface area contributed by atoms with Crippen molar-refractivity contribution in [1.82, 2.24) is 15.5 Å². The van der Waals surface area contributed by atoms with E-state index in [4.69, 9.17) is 0 Å². The number of urea groups is 1. The number of nitrogens with zero attached hydrogens (tertiary/aromatic N) is 1. The quantitative estimate of drug-likeness (QED) is 0.608. The second kappa shape index (κ2) is 3.54. The molecule has 0 spiro atoms. The Kier molecular flexibility index (Phi) is 2.40. The molecule has 74 valence electrons. The van der Waals surface area contributed by atoms with Gasteiger partial charge in [0.2, 0.25) is 0 Å². The third kappa shape index (κ3) is 1.63. The molecule has 0 aromatic rings. The average molecular weight is 183 g/mol. The fourth-order valence-corrected chi connectivity index (χ4v) is 2.22. The number of amides is 2. The molecule has 2 rings (SSSR count). The van der Waals surface area contributed by atoms with E-state index in [0.29, 0.717) is 12.1 Å². The highest BCUT2D eigenvalue weighted by molar-refractivity contribution is 5.77. The van der Waals surface area contributed by atoms with Gasteiger partial charge < -0.3 is 15.5 Å². The summed E-state index contributed by atoms with van der Waals surface area (Å²) in [5.41, 5.74) is 0. The van der Waals surface area contributed by atoms with Gasteiger partial charge in [-0.2, -0.15) is 0 Å². The van der Waals surface area contributed by atoms with Crippen molar-refractivity contribution in [3.05, 3.63) is 0 Å². The van der Waals surface area contributed by atoms with Gasteiger partial charge in [-0.05, 0) is 26.3 Å². The third-order valence-electron chi connectivity index (χ3n) is 2.92. The number of nitrogens with one attached hydrogen (secondary N) is 2. The molecule has 4 heteroatoms. The maximum atomic E-state index is 11.5. The third-order valence-corrected chi connectivity index (χ3v) is 2.92. The Balaban J connectivity index is 2.00. The predicted molar refractivity (Wildman–Crippen MR) is 50.6 cm³/mol. The first-order chi connectivity index (χ1) is 6.29. The lowest BCUT2D eigenvalue weighted by Crippen LogP contribution is -2.49. The first kappa shape index (κ1) is 8.81. The molecular formula is C9H17N3O. The molecule has 0 aromatic heterocycles. The van der Waals surface area contributed by atoms with Crippen LogP contribution in [-0.2, 0) is 0 Å². The van der Waals surface area contributed by atoms with E-state index in [2.05, 4.69) is 17.6 Å². The molecule has 2 aliphatic rings. The van der Waals surface area contributed by atoms with Crippen molar-refractivity contribution in [2.75, 3.05) is 19.6 Å². The lowest BCUT2D eigenvalue weighted by molar-refractivity contribution is 0.164. The molecule has 0 radical (unpaired) electrons. The second-order valence-corrected chi connectivity index (χ2v) is 3.94. The van der Waals surface area contributed by atoms with E-state index >= 15 is 0 Å². The molecule has 0 saturated carbocycles. The number of hydrogen-bond acceptors (Lipinski definition) is 2. The van der Waals surface area contributed by atoms with Crippen LogP contribution in [0.5, 0.6) is 0 Å². The average Bonchev–Trinajstić information content (AvgIpc) is 2.48. The molecule has 2 saturated heterocycles. The Labute approximate surface area is 78.7 Å². The van der Waals surface area contributed by atoms with Crippen LogP contribution in [0.1, 0.15) is 19.8 Å². The van der Waals surface area contributed by atoms with Crippen molar-refractivity contribution >= 4 is 6.03 Å². The normalized spacial score (nSPS) is 34.8. The zero-order valence-electron chi connectivity index (χ0n) is 8.05. The van der Waals surface area contributed by atoms with Crippen LogP contribution in [0.4, 0.5) is 4.79 Å². The van der Waals surface area contributed by atoms with Gasteiger partial charge in [0.25, 0.3) is 0 Å². The van der Waals surface area contributed by atoms with Crippen molar-refractivity contribution in [2.45, 2.75) is 31.8 Å². The number of hydrogen-bond donors (Lipinski definition) is 2. The van der Waals surface area contributed by atoms with E-state index in [1.165, 1.54) is 6.42 Å². The zero-order valence-corrected chi connectivity index (χ0v) is 8.05. The van der Waals surface area contributed by atoms with Crippen LogP contribution in [0, 0.1) is 0 Å². The predicted octanol–water partition coefficient (Wildman–Crippen LogP) is 0.152.